The lowest BCUT2D eigenvalue weighted by molar-refractivity contribution is -0.141. The molecule has 4 heterocycles. The lowest BCUT2D eigenvalue weighted by atomic mass is 9.73. The number of nitrogens with zero attached hydrogens (tertiary/aromatic N) is 4. The summed E-state index contributed by atoms with van der Waals surface area (Å²) in [6, 6.07) is 10.6. The summed E-state index contributed by atoms with van der Waals surface area (Å²) >= 11 is 0.481. The topological polar surface area (TPSA) is 144 Å². The van der Waals surface area contributed by atoms with E-state index >= 15 is 0 Å². The van der Waals surface area contributed by atoms with Crippen LogP contribution in [0.15, 0.2) is 54.0 Å². The molecule has 2 atom stereocenters. The van der Waals surface area contributed by atoms with E-state index in [4.69, 9.17) is 25.0 Å². The second-order valence-corrected chi connectivity index (χ2v) is 15.1. The highest BCUT2D eigenvalue weighted by atomic mass is 32.1. The lowest BCUT2D eigenvalue weighted by Gasteiger charge is -2.45. The normalized spacial score (nSPS) is 19.4. The quantitative estimate of drug-likeness (QED) is 0.177. The van der Waals surface area contributed by atoms with Gasteiger partial charge in [0.05, 0.1) is 17.6 Å². The zero-order valence-corrected chi connectivity index (χ0v) is 32.6. The molecule has 2 amide bonds. The number of hydrogen-bond donors (Lipinski definition) is 2. The highest BCUT2D eigenvalue weighted by molar-refractivity contribution is 7.10. The summed E-state index contributed by atoms with van der Waals surface area (Å²) in [5.41, 5.74) is -0.563. The molecule has 2 saturated heterocycles. The number of alkyl halides is 6. The summed E-state index contributed by atoms with van der Waals surface area (Å²) < 4.78 is 82.6. The molecule has 57 heavy (non-hydrogen) atoms. The summed E-state index contributed by atoms with van der Waals surface area (Å²) in [7, 11) is 0. The predicted octanol–water partition coefficient (Wildman–Crippen LogP) is 9.34. The van der Waals surface area contributed by atoms with Gasteiger partial charge in [-0.3, -0.25) is 19.4 Å². The van der Waals surface area contributed by atoms with E-state index in [1.165, 1.54) is 35.6 Å². The molecule has 0 radical (unpaired) electrons. The fraction of sp³-hybridized carbons (Fsp3) is 0.525. The molecule has 3 aliphatic rings. The number of aromatic nitrogens is 1. The average Bonchev–Trinajstić information content (AvgIpc) is 3.88. The Labute approximate surface area is 332 Å². The smallest absolute Gasteiger partial charge is 0.425 e. The van der Waals surface area contributed by atoms with Crippen LogP contribution in [-0.2, 0) is 27.4 Å². The van der Waals surface area contributed by atoms with Crippen LogP contribution in [-0.4, -0.2) is 75.1 Å². The van der Waals surface area contributed by atoms with E-state index in [0.717, 1.165) is 42.9 Å². The highest BCUT2D eigenvalue weighted by Gasteiger charge is 2.44. The maximum Gasteiger partial charge on any atom is 0.425 e. The van der Waals surface area contributed by atoms with Crippen molar-refractivity contribution in [3.63, 3.8) is 0 Å². The minimum absolute atomic E-state index is 0.000515. The van der Waals surface area contributed by atoms with Crippen LogP contribution in [0.3, 0.4) is 0 Å². The number of hydrogen-bond acceptors (Lipinski definition) is 8. The molecule has 17 heteroatoms. The Balaban J connectivity index is 0.000000492. The van der Waals surface area contributed by atoms with Gasteiger partial charge in [0.2, 0.25) is 5.91 Å². The molecular formula is C40H48F6N4O6S. The van der Waals surface area contributed by atoms with Gasteiger partial charge in [0.1, 0.15) is 22.1 Å². The Kier molecular flexibility index (Phi) is 17.2. The van der Waals surface area contributed by atoms with Crippen LogP contribution in [0.5, 0.6) is 11.5 Å². The molecule has 1 saturated carbocycles. The maximum absolute atomic E-state index is 14.0. The van der Waals surface area contributed by atoms with Crippen molar-refractivity contribution in [3.8, 4) is 18.1 Å². The van der Waals surface area contributed by atoms with Crippen LogP contribution in [0.25, 0.3) is 0 Å². The Morgan fingerprint density at radius 3 is 2.18 bits per heavy atom. The number of aromatic hydroxyl groups is 1. The van der Waals surface area contributed by atoms with E-state index < -0.39 is 46.4 Å². The van der Waals surface area contributed by atoms with Crippen molar-refractivity contribution < 1.29 is 55.7 Å². The van der Waals surface area contributed by atoms with Crippen molar-refractivity contribution in [1.82, 2.24) is 14.8 Å². The number of carbonyl (C=O) groups excluding carboxylic acids is 2. The molecule has 3 aromatic rings. The van der Waals surface area contributed by atoms with Gasteiger partial charge in [-0.15, -0.1) is 11.3 Å². The third-order valence-electron chi connectivity index (χ3n) is 10.4. The minimum atomic E-state index is -4.69. The van der Waals surface area contributed by atoms with Gasteiger partial charge in [0.15, 0.2) is 0 Å². The highest BCUT2D eigenvalue weighted by Crippen LogP contribution is 2.42. The van der Waals surface area contributed by atoms with E-state index in [0.29, 0.717) is 62.7 Å². The number of carboxylic acid groups (broad SMARTS) is 1. The molecule has 2 unspecified atom stereocenters. The molecule has 10 nitrogen and oxygen atoms in total. The van der Waals surface area contributed by atoms with Crippen molar-refractivity contribution in [2.24, 2.45) is 5.92 Å². The summed E-state index contributed by atoms with van der Waals surface area (Å²) in [5.74, 6) is -0.575. The third kappa shape index (κ3) is 12.3. The number of rotatable bonds is 7. The molecule has 3 fully saturated rings. The van der Waals surface area contributed by atoms with E-state index in [9.17, 15) is 35.9 Å². The number of amides is 2. The van der Waals surface area contributed by atoms with Crippen molar-refractivity contribution in [2.45, 2.75) is 108 Å². The number of pyridine rings is 1. The number of likely N-dealkylation sites (tertiary alicyclic amines) is 2. The first-order chi connectivity index (χ1) is 27.0. The molecule has 1 aromatic carbocycles. The van der Waals surface area contributed by atoms with Crippen LogP contribution < -0.4 is 4.74 Å². The molecule has 0 bridgehead atoms. The first-order valence-corrected chi connectivity index (χ1v) is 19.5. The first kappa shape index (κ1) is 46.5. The van der Waals surface area contributed by atoms with E-state index in [-0.39, 0.29) is 29.6 Å². The molecule has 2 aliphatic heterocycles. The number of piperidine rings is 2. The molecule has 1 aliphatic carbocycles. The summed E-state index contributed by atoms with van der Waals surface area (Å²) in [4.78, 5) is 42.3. The average molecular weight is 827 g/mol. The Morgan fingerprint density at radius 1 is 1.00 bits per heavy atom. The van der Waals surface area contributed by atoms with E-state index in [2.05, 4.69) is 30.6 Å². The van der Waals surface area contributed by atoms with Crippen LogP contribution >= 0.6 is 11.3 Å². The fourth-order valence-electron chi connectivity index (χ4n) is 7.64. The predicted molar refractivity (Wildman–Crippen MR) is 201 cm³/mol. The standard InChI is InChI=1S/C33H42F3N3O3.C5H3F3OS.CHN.CH2O2/c1-3-10-27-24(13-9-20-39(27)31(41)29-26(33(34,35)36)15-8-19-37-29)30(40)38-21-17-32(2,18-22-38)25-14-6-7-16-28(25)42-23-11-4-5-12-23;6-5(7,8)4-1-3(9)2-10-4;1-2;2-1-3/h6-8,14-16,19,23-24,27H,3-5,9-13,17-18,20-22H2,1-2H3;1-2,9H;1H;1H,(H,2,3). The molecule has 2 aromatic heterocycles. The van der Waals surface area contributed by atoms with Gasteiger partial charge < -0.3 is 24.7 Å². The summed E-state index contributed by atoms with van der Waals surface area (Å²) in [6.45, 7) is 8.97. The van der Waals surface area contributed by atoms with Gasteiger partial charge in [-0.25, -0.2) is 5.26 Å². The summed E-state index contributed by atoms with van der Waals surface area (Å²) in [5, 5.41) is 23.0. The monoisotopic (exact) mass is 826 g/mol. The van der Waals surface area contributed by atoms with Crippen LogP contribution in [0.1, 0.15) is 105 Å². The Morgan fingerprint density at radius 2 is 1.63 bits per heavy atom. The molecule has 2 N–H and O–H groups in total. The van der Waals surface area contributed by atoms with Gasteiger partial charge in [-0.1, -0.05) is 38.5 Å². The Bertz CT molecular complexity index is 1770. The number of thiophene rings is 1. The summed E-state index contributed by atoms with van der Waals surface area (Å²) in [6.07, 6.45) is 1.07. The van der Waals surface area contributed by atoms with E-state index in [1.54, 1.807) is 0 Å². The fourth-order valence-corrected chi connectivity index (χ4v) is 8.28. The number of ether oxygens (including phenoxy) is 1. The van der Waals surface area contributed by atoms with Gasteiger partial charge in [-0.2, -0.15) is 26.3 Å². The molecule has 0 spiro atoms. The molecule has 6 rings (SSSR count). The van der Waals surface area contributed by atoms with Crippen molar-refractivity contribution in [1.29, 1.82) is 5.26 Å². The van der Waals surface area contributed by atoms with Crippen molar-refractivity contribution in [3.05, 3.63) is 75.7 Å². The minimum Gasteiger partial charge on any atom is -0.507 e. The number of halogens is 6. The maximum atomic E-state index is 14.0. The van der Waals surface area contributed by atoms with Gasteiger partial charge in [-0.05, 0) is 81.4 Å². The zero-order chi connectivity index (χ0) is 42.4. The van der Waals surface area contributed by atoms with Crippen LogP contribution in [0.4, 0.5) is 26.3 Å². The first-order valence-electron chi connectivity index (χ1n) is 18.6. The van der Waals surface area contributed by atoms with E-state index in [1.807, 2.05) is 24.0 Å². The second kappa shape index (κ2) is 21.1. The molecular weight excluding hydrogens is 779 g/mol. The van der Waals surface area contributed by atoms with Gasteiger partial charge in [0, 0.05) is 55.5 Å². The number of benzene rings is 1. The second-order valence-electron chi connectivity index (χ2n) is 14.2. The largest absolute Gasteiger partial charge is 0.507 e. The number of nitriles is 1. The number of para-hydroxylation sites is 1. The van der Waals surface area contributed by atoms with Gasteiger partial charge >= 0.3 is 12.4 Å². The number of carbonyl (C=O) groups is 3. The SMILES string of the molecule is C#N.CCCC1C(C(=O)N2CCC(C)(c3ccccc3OC3CCCC3)CC2)CCCN1C(=O)c1ncccc1C(F)(F)F.O=CO.Oc1csc(C(F)(F)F)c1. The lowest BCUT2D eigenvalue weighted by Crippen LogP contribution is -2.55. The zero-order valence-electron chi connectivity index (χ0n) is 31.8. The Hall–Kier alpha value is -4.85. The third-order valence-corrected chi connectivity index (χ3v) is 11.4. The van der Waals surface area contributed by atoms with Crippen LogP contribution in [0.2, 0.25) is 0 Å². The van der Waals surface area contributed by atoms with Crippen molar-refractivity contribution >= 4 is 29.6 Å². The van der Waals surface area contributed by atoms with Crippen molar-refractivity contribution in [2.75, 3.05) is 19.6 Å². The van der Waals surface area contributed by atoms with Gasteiger partial charge in [0.25, 0.3) is 12.4 Å². The molecule has 312 valence electrons. The van der Waals surface area contributed by atoms with Crippen LogP contribution in [0, 0.1) is 17.8 Å².